The molecule has 2 aromatic rings. The van der Waals surface area contributed by atoms with E-state index in [0.717, 1.165) is 0 Å². The SMILES string of the molecule is O=c1nc2ccnc-2c1=O.c1ccc(-c2ccccc2)cc1. The van der Waals surface area contributed by atoms with E-state index in [1.807, 2.05) is 12.1 Å². The first-order valence-corrected chi connectivity index (χ1v) is 6.78. The lowest BCUT2D eigenvalue weighted by Gasteiger charge is -1.98. The number of hydrogen-bond acceptors (Lipinski definition) is 4. The first-order chi connectivity index (χ1) is 10.8. The summed E-state index contributed by atoms with van der Waals surface area (Å²) in [4.78, 5) is 28.4. The maximum absolute atomic E-state index is 10.8. The Hall–Kier alpha value is -3.14. The van der Waals surface area contributed by atoms with E-state index in [2.05, 4.69) is 58.5 Å². The molecule has 2 heterocycles. The minimum absolute atomic E-state index is 0.185. The predicted molar refractivity (Wildman–Crippen MR) is 85.4 cm³/mol. The van der Waals surface area contributed by atoms with Gasteiger partial charge in [-0.2, -0.15) is 0 Å². The lowest BCUT2D eigenvalue weighted by molar-refractivity contribution is 1.30. The van der Waals surface area contributed by atoms with Crippen molar-refractivity contribution < 1.29 is 0 Å². The molecule has 0 bridgehead atoms. The summed E-state index contributed by atoms with van der Waals surface area (Å²) in [6.07, 6.45) is 1.46. The zero-order valence-corrected chi connectivity index (χ0v) is 11.6. The molecular formula is C18H12N2O2. The molecule has 0 N–H and O–H groups in total. The van der Waals surface area contributed by atoms with E-state index in [0.29, 0.717) is 5.69 Å². The second-order valence-corrected chi connectivity index (χ2v) is 4.66. The van der Waals surface area contributed by atoms with E-state index >= 15 is 0 Å². The number of rotatable bonds is 1. The van der Waals surface area contributed by atoms with Crippen LogP contribution in [0.1, 0.15) is 0 Å². The van der Waals surface area contributed by atoms with Crippen molar-refractivity contribution in [1.29, 1.82) is 0 Å². The Morgan fingerprint density at radius 1 is 0.682 bits per heavy atom. The second kappa shape index (κ2) is 6.10. The number of fused-ring (bicyclic) bond motifs is 1. The average Bonchev–Trinajstić information content (AvgIpc) is 3.14. The van der Waals surface area contributed by atoms with Gasteiger partial charge in [0, 0.05) is 6.20 Å². The number of nitrogens with zero attached hydrogens (tertiary/aromatic N) is 2. The highest BCUT2D eigenvalue weighted by Crippen LogP contribution is 2.17. The van der Waals surface area contributed by atoms with Gasteiger partial charge in [0.1, 0.15) is 5.69 Å². The Morgan fingerprint density at radius 2 is 1.23 bits per heavy atom. The molecule has 4 rings (SSSR count). The first kappa shape index (κ1) is 13.8. The molecule has 0 amide bonds. The van der Waals surface area contributed by atoms with Gasteiger partial charge < -0.3 is 0 Å². The van der Waals surface area contributed by atoms with E-state index in [4.69, 9.17) is 0 Å². The zero-order chi connectivity index (χ0) is 15.4. The number of benzene rings is 2. The van der Waals surface area contributed by atoms with Gasteiger partial charge in [0.25, 0.3) is 5.43 Å². The maximum Gasteiger partial charge on any atom is 0.320 e. The van der Waals surface area contributed by atoms with Crippen LogP contribution >= 0.6 is 0 Å². The standard InChI is InChI=1S/C12H10.C6H2N2O2/c1-3-7-11(8-4-1)12-9-5-2-6-10-12;9-5-4-3(1-2-7-4)8-6(5)10/h1-10H;1-2H. The third kappa shape index (κ3) is 2.81. The summed E-state index contributed by atoms with van der Waals surface area (Å²) in [5, 5.41) is 0. The van der Waals surface area contributed by atoms with Crippen molar-refractivity contribution in [3.63, 3.8) is 0 Å². The van der Waals surface area contributed by atoms with E-state index < -0.39 is 11.0 Å². The Kier molecular flexibility index (Phi) is 3.83. The summed E-state index contributed by atoms with van der Waals surface area (Å²) in [5.41, 5.74) is 1.83. The van der Waals surface area contributed by atoms with Gasteiger partial charge in [-0.3, -0.25) is 14.6 Å². The maximum atomic E-state index is 10.8. The van der Waals surface area contributed by atoms with Crippen LogP contribution in [0.4, 0.5) is 0 Å². The van der Waals surface area contributed by atoms with Crippen LogP contribution in [0, 0.1) is 0 Å². The third-order valence-corrected chi connectivity index (χ3v) is 3.19. The average molecular weight is 288 g/mol. The molecule has 22 heavy (non-hydrogen) atoms. The molecule has 106 valence electrons. The van der Waals surface area contributed by atoms with Gasteiger partial charge in [0.15, 0.2) is 0 Å². The van der Waals surface area contributed by atoms with Gasteiger partial charge in [-0.15, -0.1) is 0 Å². The molecule has 0 fully saturated rings. The highest BCUT2D eigenvalue weighted by molar-refractivity contribution is 5.62. The molecule has 0 spiro atoms. The normalized spacial score (nSPS) is 10.2. The minimum Gasteiger partial charge on any atom is -0.281 e. The summed E-state index contributed by atoms with van der Waals surface area (Å²) >= 11 is 0. The Morgan fingerprint density at radius 3 is 1.73 bits per heavy atom. The van der Waals surface area contributed by atoms with Crippen LogP contribution in [-0.2, 0) is 0 Å². The van der Waals surface area contributed by atoms with Gasteiger partial charge >= 0.3 is 5.56 Å². The molecule has 0 radical (unpaired) electrons. The van der Waals surface area contributed by atoms with Crippen molar-refractivity contribution in [2.45, 2.75) is 0 Å². The first-order valence-electron chi connectivity index (χ1n) is 6.78. The second-order valence-electron chi connectivity index (χ2n) is 4.66. The quantitative estimate of drug-likeness (QED) is 0.505. The molecule has 2 aliphatic rings. The highest BCUT2D eigenvalue weighted by atomic mass is 16.2. The van der Waals surface area contributed by atoms with E-state index in [1.165, 1.54) is 23.4 Å². The van der Waals surface area contributed by atoms with Gasteiger partial charge in [-0.25, -0.2) is 4.98 Å². The number of hydrogen-bond donors (Lipinski definition) is 0. The summed E-state index contributed by atoms with van der Waals surface area (Å²) in [6.45, 7) is 0. The third-order valence-electron chi connectivity index (χ3n) is 3.19. The Labute approximate surface area is 126 Å². The molecule has 2 aliphatic heterocycles. The van der Waals surface area contributed by atoms with Crippen LogP contribution < -0.4 is 11.0 Å². The van der Waals surface area contributed by atoms with Crippen LogP contribution in [0.2, 0.25) is 0 Å². The molecule has 4 nitrogen and oxygen atoms in total. The van der Waals surface area contributed by atoms with Crippen LogP contribution in [0.3, 0.4) is 0 Å². The summed E-state index contributed by atoms with van der Waals surface area (Å²) in [6, 6.07) is 22.3. The summed E-state index contributed by atoms with van der Waals surface area (Å²) < 4.78 is 0. The van der Waals surface area contributed by atoms with Crippen molar-refractivity contribution in [3.8, 4) is 22.5 Å². The molecule has 2 aromatic carbocycles. The molecule has 0 atom stereocenters. The lowest BCUT2D eigenvalue weighted by Crippen LogP contribution is -2.19. The van der Waals surface area contributed by atoms with Gasteiger partial charge in [-0.05, 0) is 17.2 Å². The molecule has 0 saturated heterocycles. The largest absolute Gasteiger partial charge is 0.320 e. The van der Waals surface area contributed by atoms with Gasteiger partial charge in [-0.1, -0.05) is 60.7 Å². The molecule has 0 aromatic heterocycles. The van der Waals surface area contributed by atoms with E-state index in [9.17, 15) is 9.59 Å². The summed E-state index contributed by atoms with van der Waals surface area (Å²) in [5.74, 6) is 0. The van der Waals surface area contributed by atoms with Crippen molar-refractivity contribution in [3.05, 3.63) is 93.5 Å². The fraction of sp³-hybridized carbons (Fsp3) is 0. The number of aromatic nitrogens is 2. The summed E-state index contributed by atoms with van der Waals surface area (Å²) in [7, 11) is 0. The smallest absolute Gasteiger partial charge is 0.281 e. The van der Waals surface area contributed by atoms with Crippen LogP contribution in [0.15, 0.2) is 82.5 Å². The van der Waals surface area contributed by atoms with Crippen molar-refractivity contribution >= 4 is 0 Å². The van der Waals surface area contributed by atoms with Crippen LogP contribution in [0.25, 0.3) is 22.5 Å². The monoisotopic (exact) mass is 288 g/mol. The fourth-order valence-corrected chi connectivity index (χ4v) is 2.12. The van der Waals surface area contributed by atoms with Crippen molar-refractivity contribution in [2.24, 2.45) is 0 Å². The fourth-order valence-electron chi connectivity index (χ4n) is 2.12. The molecular weight excluding hydrogens is 276 g/mol. The minimum atomic E-state index is -0.710. The molecule has 4 heteroatoms. The predicted octanol–water partition coefficient (Wildman–Crippen LogP) is 2.53. The lowest BCUT2D eigenvalue weighted by atomic mass is 10.1. The Balaban J connectivity index is 0.000000133. The van der Waals surface area contributed by atoms with Crippen LogP contribution in [0.5, 0.6) is 0 Å². The molecule has 0 aliphatic carbocycles. The molecule has 0 unspecified atom stereocenters. The highest BCUT2D eigenvalue weighted by Gasteiger charge is 2.14. The zero-order valence-electron chi connectivity index (χ0n) is 11.6. The van der Waals surface area contributed by atoms with Crippen molar-refractivity contribution in [1.82, 2.24) is 9.97 Å². The van der Waals surface area contributed by atoms with Crippen molar-refractivity contribution in [2.75, 3.05) is 0 Å². The van der Waals surface area contributed by atoms with E-state index in [1.54, 1.807) is 0 Å². The van der Waals surface area contributed by atoms with Gasteiger partial charge in [0.05, 0.1) is 5.69 Å². The molecule has 0 saturated carbocycles. The van der Waals surface area contributed by atoms with Crippen LogP contribution in [-0.4, -0.2) is 9.97 Å². The Bertz CT molecular complexity index is 873. The topological polar surface area (TPSA) is 59.9 Å². The van der Waals surface area contributed by atoms with E-state index in [-0.39, 0.29) is 5.69 Å². The van der Waals surface area contributed by atoms with Gasteiger partial charge in [0.2, 0.25) is 0 Å².